The van der Waals surface area contributed by atoms with Gasteiger partial charge in [0.05, 0.1) is 12.8 Å². The monoisotopic (exact) mass is 387 g/mol. The fourth-order valence-electron chi connectivity index (χ4n) is 3.19. The van der Waals surface area contributed by atoms with E-state index in [1.54, 1.807) is 12.1 Å². The van der Waals surface area contributed by atoms with Crippen molar-refractivity contribution in [1.82, 2.24) is 14.0 Å². The minimum absolute atomic E-state index is 0.226. The molecule has 2 heterocycles. The van der Waals surface area contributed by atoms with Crippen LogP contribution in [0.25, 0.3) is 17.0 Å². The molecule has 0 fully saturated rings. The van der Waals surface area contributed by atoms with E-state index >= 15 is 0 Å². The first-order valence-electron chi connectivity index (χ1n) is 8.95. The number of rotatable bonds is 6. The lowest BCUT2D eigenvalue weighted by Gasteiger charge is -2.07. The number of halogens is 1. The van der Waals surface area contributed by atoms with Gasteiger partial charge >= 0.3 is 5.97 Å². The molecule has 0 saturated heterocycles. The van der Waals surface area contributed by atoms with Gasteiger partial charge in [-0.25, -0.2) is 14.2 Å². The normalized spacial score (nSPS) is 11.1. The van der Waals surface area contributed by atoms with Crippen molar-refractivity contribution in [2.45, 2.75) is 39.7 Å². The SMILES string of the molecule is CCCCCn1c(C)c(C(=O)OC)n2c(=O)cc(-c3ccc(Cl)cc3)nc12. The van der Waals surface area contributed by atoms with Crippen LogP contribution in [-0.2, 0) is 11.3 Å². The fourth-order valence-corrected chi connectivity index (χ4v) is 3.32. The lowest BCUT2D eigenvalue weighted by Crippen LogP contribution is -2.19. The predicted octanol–water partition coefficient (Wildman–Crippen LogP) is 4.10. The maximum atomic E-state index is 12.9. The number of imidazole rings is 1. The standard InChI is InChI=1S/C20H22ClN3O3/c1-4-5-6-11-23-13(2)18(19(26)27-3)24-17(25)12-16(22-20(23)24)14-7-9-15(21)10-8-14/h7-10,12H,4-6,11H2,1-3H3. The molecule has 0 unspecified atom stereocenters. The minimum atomic E-state index is -0.546. The molecule has 1 aromatic carbocycles. The van der Waals surface area contributed by atoms with Crippen molar-refractivity contribution in [3.63, 3.8) is 0 Å². The highest BCUT2D eigenvalue weighted by molar-refractivity contribution is 6.30. The molecule has 0 saturated carbocycles. The zero-order chi connectivity index (χ0) is 19.6. The molecule has 0 aliphatic carbocycles. The smallest absolute Gasteiger partial charge is 0.357 e. The number of methoxy groups -OCH3 is 1. The summed E-state index contributed by atoms with van der Waals surface area (Å²) in [4.78, 5) is 29.8. The van der Waals surface area contributed by atoms with E-state index in [2.05, 4.69) is 11.9 Å². The molecule has 27 heavy (non-hydrogen) atoms. The third kappa shape index (κ3) is 3.62. The second-order valence-electron chi connectivity index (χ2n) is 6.41. The van der Waals surface area contributed by atoms with E-state index in [1.165, 1.54) is 17.6 Å². The molecule has 6 nitrogen and oxygen atoms in total. The number of carbonyl (C=O) groups is 1. The molecule has 3 rings (SSSR count). The molecular weight excluding hydrogens is 366 g/mol. The van der Waals surface area contributed by atoms with Gasteiger partial charge in [0.15, 0.2) is 5.69 Å². The molecule has 0 aliphatic heterocycles. The molecule has 2 aromatic heterocycles. The number of fused-ring (bicyclic) bond motifs is 1. The highest BCUT2D eigenvalue weighted by Gasteiger charge is 2.23. The van der Waals surface area contributed by atoms with Gasteiger partial charge < -0.3 is 9.30 Å². The number of carbonyl (C=O) groups excluding carboxylic acids is 1. The molecule has 142 valence electrons. The number of hydrogen-bond acceptors (Lipinski definition) is 4. The van der Waals surface area contributed by atoms with Crippen LogP contribution in [0, 0.1) is 6.92 Å². The summed E-state index contributed by atoms with van der Waals surface area (Å²) >= 11 is 5.95. The quantitative estimate of drug-likeness (QED) is 0.471. The number of hydrogen-bond donors (Lipinski definition) is 0. The molecule has 3 aromatic rings. The Kier molecular flexibility index (Phi) is 5.65. The fraction of sp³-hybridized carbons (Fsp3) is 0.350. The third-order valence-electron chi connectivity index (χ3n) is 4.62. The summed E-state index contributed by atoms with van der Waals surface area (Å²) in [6.07, 6.45) is 3.06. The van der Waals surface area contributed by atoms with Gasteiger partial charge in [-0.3, -0.25) is 4.79 Å². The zero-order valence-corrected chi connectivity index (χ0v) is 16.4. The Balaban J connectivity index is 2.24. The summed E-state index contributed by atoms with van der Waals surface area (Å²) in [7, 11) is 1.31. The van der Waals surface area contributed by atoms with E-state index in [9.17, 15) is 9.59 Å². The first-order valence-corrected chi connectivity index (χ1v) is 9.32. The van der Waals surface area contributed by atoms with Gasteiger partial charge in [0.1, 0.15) is 0 Å². The Labute approximate surface area is 162 Å². The molecule has 0 spiro atoms. The van der Waals surface area contributed by atoms with E-state index in [4.69, 9.17) is 16.3 Å². The van der Waals surface area contributed by atoms with Crippen LogP contribution < -0.4 is 5.56 Å². The van der Waals surface area contributed by atoms with Gasteiger partial charge in [-0.2, -0.15) is 0 Å². The van der Waals surface area contributed by atoms with Crippen LogP contribution in [-0.4, -0.2) is 27.0 Å². The van der Waals surface area contributed by atoms with Crippen LogP contribution in [0.1, 0.15) is 42.4 Å². The Hall–Kier alpha value is -2.60. The summed E-state index contributed by atoms with van der Waals surface area (Å²) in [6.45, 7) is 4.62. The Morgan fingerprint density at radius 1 is 1.22 bits per heavy atom. The molecule has 0 amide bonds. The van der Waals surface area contributed by atoms with Crippen molar-refractivity contribution in [2.75, 3.05) is 7.11 Å². The van der Waals surface area contributed by atoms with E-state index in [-0.39, 0.29) is 11.3 Å². The number of nitrogens with zero attached hydrogens (tertiary/aromatic N) is 3. The Morgan fingerprint density at radius 3 is 2.56 bits per heavy atom. The van der Waals surface area contributed by atoms with E-state index in [0.29, 0.717) is 28.7 Å². The van der Waals surface area contributed by atoms with Crippen molar-refractivity contribution in [1.29, 1.82) is 0 Å². The van der Waals surface area contributed by atoms with Gasteiger partial charge in [-0.15, -0.1) is 0 Å². The van der Waals surface area contributed by atoms with Gasteiger partial charge in [-0.1, -0.05) is 43.5 Å². The van der Waals surface area contributed by atoms with Crippen LogP contribution in [0.15, 0.2) is 35.1 Å². The van der Waals surface area contributed by atoms with Gasteiger partial charge in [-0.05, 0) is 25.5 Å². The van der Waals surface area contributed by atoms with Gasteiger partial charge in [0.25, 0.3) is 5.56 Å². The second kappa shape index (κ2) is 7.96. The molecule has 7 heteroatoms. The highest BCUT2D eigenvalue weighted by atomic mass is 35.5. The highest BCUT2D eigenvalue weighted by Crippen LogP contribution is 2.22. The van der Waals surface area contributed by atoms with Crippen molar-refractivity contribution in [2.24, 2.45) is 0 Å². The van der Waals surface area contributed by atoms with Crippen molar-refractivity contribution in [3.05, 3.63) is 57.1 Å². The van der Waals surface area contributed by atoms with Crippen molar-refractivity contribution >= 4 is 23.3 Å². The number of aryl methyl sites for hydroxylation is 1. The lowest BCUT2D eigenvalue weighted by molar-refractivity contribution is 0.0591. The molecular formula is C20H22ClN3O3. The van der Waals surface area contributed by atoms with Crippen molar-refractivity contribution in [3.8, 4) is 11.3 Å². The van der Waals surface area contributed by atoms with Crippen LogP contribution >= 0.6 is 11.6 Å². The number of unbranched alkanes of at least 4 members (excludes halogenated alkanes) is 2. The molecule has 0 aliphatic rings. The van der Waals surface area contributed by atoms with Crippen LogP contribution in [0.3, 0.4) is 0 Å². The summed E-state index contributed by atoms with van der Waals surface area (Å²) in [5, 5.41) is 0.614. The first kappa shape index (κ1) is 19.2. The largest absolute Gasteiger partial charge is 0.464 e. The van der Waals surface area contributed by atoms with Crippen LogP contribution in [0.5, 0.6) is 0 Å². The van der Waals surface area contributed by atoms with E-state index < -0.39 is 5.97 Å². The molecule has 0 atom stereocenters. The second-order valence-corrected chi connectivity index (χ2v) is 6.84. The van der Waals surface area contributed by atoms with Gasteiger partial charge in [0, 0.05) is 28.9 Å². The summed E-state index contributed by atoms with van der Waals surface area (Å²) < 4.78 is 8.15. The number of ether oxygens (including phenoxy) is 1. The van der Waals surface area contributed by atoms with Crippen molar-refractivity contribution < 1.29 is 9.53 Å². The zero-order valence-electron chi connectivity index (χ0n) is 15.7. The maximum Gasteiger partial charge on any atom is 0.357 e. The maximum absolute atomic E-state index is 12.9. The van der Waals surface area contributed by atoms with E-state index in [0.717, 1.165) is 24.8 Å². The Morgan fingerprint density at radius 2 is 1.93 bits per heavy atom. The minimum Gasteiger partial charge on any atom is -0.464 e. The summed E-state index contributed by atoms with van der Waals surface area (Å²) in [5.41, 5.74) is 1.92. The molecule has 0 N–H and O–H groups in total. The number of benzene rings is 1. The average molecular weight is 388 g/mol. The average Bonchev–Trinajstić information content (AvgIpc) is 2.94. The third-order valence-corrected chi connectivity index (χ3v) is 4.87. The molecule has 0 radical (unpaired) electrons. The van der Waals surface area contributed by atoms with Gasteiger partial charge in [0.2, 0.25) is 5.78 Å². The molecule has 0 bridgehead atoms. The Bertz CT molecular complexity index is 1040. The van der Waals surface area contributed by atoms with E-state index in [1.807, 2.05) is 23.6 Å². The van der Waals surface area contributed by atoms with Crippen LogP contribution in [0.4, 0.5) is 0 Å². The summed E-state index contributed by atoms with van der Waals surface area (Å²) in [6, 6.07) is 8.58. The topological polar surface area (TPSA) is 65.6 Å². The number of aromatic nitrogens is 3. The summed E-state index contributed by atoms with van der Waals surface area (Å²) in [5.74, 6) is -0.101. The number of esters is 1. The first-order chi connectivity index (χ1) is 13.0. The van der Waals surface area contributed by atoms with Crippen LogP contribution in [0.2, 0.25) is 5.02 Å². The predicted molar refractivity (Wildman–Crippen MR) is 105 cm³/mol. The lowest BCUT2D eigenvalue weighted by atomic mass is 10.1.